The Bertz CT molecular complexity index is 1190. The zero-order valence-corrected chi connectivity index (χ0v) is 19.2. The molecule has 2 unspecified atom stereocenters. The number of nitrogens with zero attached hydrogens (tertiary/aromatic N) is 3. The van der Waals surface area contributed by atoms with Crippen LogP contribution in [-0.4, -0.2) is 53.2 Å². The van der Waals surface area contributed by atoms with E-state index in [0.29, 0.717) is 28.5 Å². The average Bonchev–Trinajstić information content (AvgIpc) is 3.29. The molecule has 9 heteroatoms. The topological polar surface area (TPSA) is 109 Å². The lowest BCUT2D eigenvalue weighted by Gasteiger charge is -2.39. The molecule has 2 N–H and O–H groups in total. The highest BCUT2D eigenvalue weighted by Crippen LogP contribution is 2.44. The summed E-state index contributed by atoms with van der Waals surface area (Å²) in [6, 6.07) is 12.0. The lowest BCUT2D eigenvalue weighted by molar-refractivity contribution is -0.119. The Labute approximate surface area is 192 Å². The molecule has 1 aliphatic heterocycles. The van der Waals surface area contributed by atoms with Gasteiger partial charge in [0.1, 0.15) is 5.82 Å². The minimum Gasteiger partial charge on any atom is -0.493 e. The smallest absolute Gasteiger partial charge is 0.254 e. The van der Waals surface area contributed by atoms with Crippen molar-refractivity contribution in [2.45, 2.75) is 31.7 Å². The van der Waals surface area contributed by atoms with E-state index in [2.05, 4.69) is 20.5 Å². The van der Waals surface area contributed by atoms with Crippen molar-refractivity contribution in [1.82, 2.24) is 20.1 Å². The zero-order valence-electron chi connectivity index (χ0n) is 19.2. The van der Waals surface area contributed by atoms with Crippen LogP contribution < -0.4 is 14.8 Å². The van der Waals surface area contributed by atoms with Crippen LogP contribution in [0.15, 0.2) is 42.5 Å². The second-order valence-corrected chi connectivity index (χ2v) is 8.23. The van der Waals surface area contributed by atoms with E-state index in [4.69, 9.17) is 9.47 Å². The number of anilines is 1. The fourth-order valence-corrected chi connectivity index (χ4v) is 4.19. The van der Waals surface area contributed by atoms with Gasteiger partial charge in [0.25, 0.3) is 5.91 Å². The highest BCUT2D eigenvalue weighted by atomic mass is 16.5. The normalized spacial score (nSPS) is 17.6. The molecule has 172 valence electrons. The Morgan fingerprint density at radius 1 is 1.12 bits per heavy atom. The average molecular weight is 450 g/mol. The number of hydrogen-bond acceptors (Lipinski definition) is 6. The summed E-state index contributed by atoms with van der Waals surface area (Å²) in [5.41, 5.74) is 1.89. The Balaban J connectivity index is 1.79. The van der Waals surface area contributed by atoms with Gasteiger partial charge in [-0.2, -0.15) is 4.98 Å². The summed E-state index contributed by atoms with van der Waals surface area (Å²) in [6.07, 6.45) is 0. The molecule has 0 spiro atoms. The first-order chi connectivity index (χ1) is 15.8. The van der Waals surface area contributed by atoms with Crippen molar-refractivity contribution in [3.05, 3.63) is 65.0 Å². The second-order valence-electron chi connectivity index (χ2n) is 8.23. The number of hydrogen-bond donors (Lipinski definition) is 2. The maximum absolute atomic E-state index is 13.6. The monoisotopic (exact) mass is 449 g/mol. The Morgan fingerprint density at radius 2 is 1.85 bits per heavy atom. The summed E-state index contributed by atoms with van der Waals surface area (Å²) in [7, 11) is 4.80. The van der Waals surface area contributed by atoms with Crippen LogP contribution in [0.4, 0.5) is 5.95 Å². The number of carbonyl (C=O) groups is 2. The number of nitrogens with one attached hydrogen (secondary N) is 2. The third kappa shape index (κ3) is 4.02. The molecule has 33 heavy (non-hydrogen) atoms. The minimum atomic E-state index is -0.692. The number of ether oxygens (including phenoxy) is 2. The van der Waals surface area contributed by atoms with Gasteiger partial charge in [0, 0.05) is 18.5 Å². The van der Waals surface area contributed by atoms with Gasteiger partial charge in [-0.15, -0.1) is 5.10 Å². The van der Waals surface area contributed by atoms with Gasteiger partial charge in [-0.05, 0) is 29.3 Å². The molecule has 2 amide bonds. The van der Waals surface area contributed by atoms with Crippen molar-refractivity contribution in [1.29, 1.82) is 0 Å². The van der Waals surface area contributed by atoms with Crippen molar-refractivity contribution >= 4 is 17.8 Å². The van der Waals surface area contributed by atoms with Gasteiger partial charge in [0.05, 0.1) is 26.2 Å². The van der Waals surface area contributed by atoms with E-state index in [0.717, 1.165) is 5.56 Å². The molecule has 4 rings (SSSR count). The van der Waals surface area contributed by atoms with Crippen LogP contribution in [0.1, 0.15) is 59.0 Å². The number of rotatable bonds is 6. The molecule has 0 radical (unpaired) electrons. The van der Waals surface area contributed by atoms with E-state index in [1.54, 1.807) is 50.4 Å². The minimum absolute atomic E-state index is 0.141. The molecule has 2 atom stereocenters. The number of benzene rings is 2. The number of aromatic nitrogens is 3. The standard InChI is InChI=1S/C24H27N5O4/c1-13(2)21-25-24(28-27-21)26-22(30)19-15-8-6-7-9-16(15)23(31)29(3)20(19)14-10-11-17(32-4)18(12-14)33-5/h6-13,19-20H,1-5H3,(H2,25,26,27,28,30). The van der Waals surface area contributed by atoms with Gasteiger partial charge >= 0.3 is 0 Å². The number of H-pyrrole nitrogens is 1. The highest BCUT2D eigenvalue weighted by molar-refractivity contribution is 6.03. The quantitative estimate of drug-likeness (QED) is 0.596. The molecule has 2 aromatic carbocycles. The summed E-state index contributed by atoms with van der Waals surface area (Å²) in [6.45, 7) is 3.97. The van der Waals surface area contributed by atoms with Crippen LogP contribution in [0.25, 0.3) is 0 Å². The first-order valence-electron chi connectivity index (χ1n) is 10.7. The van der Waals surface area contributed by atoms with Crippen molar-refractivity contribution in [3.8, 4) is 11.5 Å². The molecule has 1 aromatic heterocycles. The molecule has 0 saturated heterocycles. The number of likely N-dealkylation sites (N-methyl/N-ethyl adjacent to an activating group) is 1. The van der Waals surface area contributed by atoms with Gasteiger partial charge in [-0.3, -0.25) is 20.0 Å². The highest BCUT2D eigenvalue weighted by Gasteiger charge is 2.43. The second kappa shape index (κ2) is 8.93. The molecular weight excluding hydrogens is 422 g/mol. The molecule has 0 fully saturated rings. The van der Waals surface area contributed by atoms with Crippen molar-refractivity contribution in [2.75, 3.05) is 26.6 Å². The molecular formula is C24H27N5O4. The summed E-state index contributed by atoms with van der Waals surface area (Å²) >= 11 is 0. The van der Waals surface area contributed by atoms with Crippen LogP contribution >= 0.6 is 0 Å². The van der Waals surface area contributed by atoms with Crippen molar-refractivity contribution < 1.29 is 19.1 Å². The number of aromatic amines is 1. The van der Waals surface area contributed by atoms with Gasteiger partial charge in [0.15, 0.2) is 11.5 Å². The molecule has 0 aliphatic carbocycles. The van der Waals surface area contributed by atoms with Crippen LogP contribution in [0.5, 0.6) is 11.5 Å². The van der Waals surface area contributed by atoms with Gasteiger partial charge < -0.3 is 14.4 Å². The van der Waals surface area contributed by atoms with Gasteiger partial charge in [-0.25, -0.2) is 0 Å². The third-order valence-corrected chi connectivity index (χ3v) is 5.90. The van der Waals surface area contributed by atoms with Crippen LogP contribution in [0, 0.1) is 0 Å². The van der Waals surface area contributed by atoms with E-state index in [-0.39, 0.29) is 23.7 Å². The molecule has 0 saturated carbocycles. The first kappa shape index (κ1) is 22.3. The predicted molar refractivity (Wildman–Crippen MR) is 123 cm³/mol. The van der Waals surface area contributed by atoms with Crippen LogP contribution in [-0.2, 0) is 4.79 Å². The predicted octanol–water partition coefficient (Wildman–Crippen LogP) is 3.49. The maximum Gasteiger partial charge on any atom is 0.254 e. The summed E-state index contributed by atoms with van der Waals surface area (Å²) < 4.78 is 10.8. The van der Waals surface area contributed by atoms with Crippen LogP contribution in [0.2, 0.25) is 0 Å². The van der Waals surface area contributed by atoms with Crippen molar-refractivity contribution in [3.63, 3.8) is 0 Å². The molecule has 0 bridgehead atoms. The van der Waals surface area contributed by atoms with Crippen LogP contribution in [0.3, 0.4) is 0 Å². The molecule has 1 aliphatic rings. The lowest BCUT2D eigenvalue weighted by atomic mass is 9.79. The number of methoxy groups -OCH3 is 2. The maximum atomic E-state index is 13.6. The fourth-order valence-electron chi connectivity index (χ4n) is 4.19. The summed E-state index contributed by atoms with van der Waals surface area (Å²) in [5, 5.41) is 9.80. The van der Waals surface area contributed by atoms with E-state index in [1.165, 1.54) is 0 Å². The number of fused-ring (bicyclic) bond motifs is 1. The summed E-state index contributed by atoms with van der Waals surface area (Å²) in [5.74, 6) is 0.943. The van der Waals surface area contributed by atoms with Gasteiger partial charge in [-0.1, -0.05) is 38.1 Å². The SMILES string of the molecule is COc1ccc(C2C(C(=O)Nc3n[nH]c(C(C)C)n3)c3ccccc3C(=O)N2C)cc1OC. The third-order valence-electron chi connectivity index (χ3n) is 5.90. The Kier molecular flexibility index (Phi) is 6.04. The zero-order chi connectivity index (χ0) is 23.7. The Hall–Kier alpha value is -3.88. The Morgan fingerprint density at radius 3 is 2.52 bits per heavy atom. The fraction of sp³-hybridized carbons (Fsp3) is 0.333. The van der Waals surface area contributed by atoms with E-state index < -0.39 is 12.0 Å². The van der Waals surface area contributed by atoms with E-state index >= 15 is 0 Å². The van der Waals surface area contributed by atoms with Crippen molar-refractivity contribution in [2.24, 2.45) is 0 Å². The molecule has 3 aromatic rings. The largest absolute Gasteiger partial charge is 0.493 e. The number of amides is 2. The molecule has 2 heterocycles. The van der Waals surface area contributed by atoms with E-state index in [1.807, 2.05) is 32.0 Å². The van der Waals surface area contributed by atoms with Gasteiger partial charge in [0.2, 0.25) is 11.9 Å². The van der Waals surface area contributed by atoms with E-state index in [9.17, 15) is 9.59 Å². The number of carbonyl (C=O) groups excluding carboxylic acids is 2. The summed E-state index contributed by atoms with van der Waals surface area (Å²) in [4.78, 5) is 32.8. The lowest BCUT2D eigenvalue weighted by Crippen LogP contribution is -2.44. The first-order valence-corrected chi connectivity index (χ1v) is 10.7. The molecule has 9 nitrogen and oxygen atoms in total.